The summed E-state index contributed by atoms with van der Waals surface area (Å²) in [5.74, 6) is 0.164. The van der Waals surface area contributed by atoms with E-state index in [4.69, 9.17) is 5.11 Å². The molecule has 0 aliphatic carbocycles. The van der Waals surface area contributed by atoms with Gasteiger partial charge in [0.25, 0.3) is 5.56 Å². The number of hydrogen-bond acceptors (Lipinski definition) is 5. The first-order valence-corrected chi connectivity index (χ1v) is 8.00. The molecule has 7 nitrogen and oxygen atoms in total. The molecule has 22 heavy (non-hydrogen) atoms. The van der Waals surface area contributed by atoms with Gasteiger partial charge in [0, 0.05) is 12.5 Å². The molecule has 3 aromatic rings. The fourth-order valence-corrected chi connectivity index (χ4v) is 3.32. The zero-order valence-electron chi connectivity index (χ0n) is 12.3. The van der Waals surface area contributed by atoms with Crippen molar-refractivity contribution in [3.8, 4) is 0 Å². The summed E-state index contributed by atoms with van der Waals surface area (Å²) in [6.45, 7) is 3.97. The van der Waals surface area contributed by atoms with Crippen molar-refractivity contribution in [1.82, 2.24) is 19.2 Å². The van der Waals surface area contributed by atoms with E-state index in [9.17, 15) is 9.59 Å². The van der Waals surface area contributed by atoms with Crippen LogP contribution in [0.1, 0.15) is 38.6 Å². The second-order valence-corrected chi connectivity index (χ2v) is 6.13. The van der Waals surface area contributed by atoms with Crippen molar-refractivity contribution in [1.29, 1.82) is 0 Å². The van der Waals surface area contributed by atoms with E-state index in [0.29, 0.717) is 16.3 Å². The first-order valence-electron chi connectivity index (χ1n) is 7.12. The third-order valence-corrected chi connectivity index (χ3v) is 4.71. The summed E-state index contributed by atoms with van der Waals surface area (Å²) in [7, 11) is 0. The maximum atomic E-state index is 12.7. The molecule has 3 rings (SSSR count). The number of carbonyl (C=O) groups is 1. The maximum absolute atomic E-state index is 12.7. The molecule has 116 valence electrons. The van der Waals surface area contributed by atoms with Gasteiger partial charge in [0.05, 0.1) is 11.9 Å². The van der Waals surface area contributed by atoms with Crippen molar-refractivity contribution in [3.05, 3.63) is 27.6 Å². The fourth-order valence-electron chi connectivity index (χ4n) is 2.51. The van der Waals surface area contributed by atoms with Gasteiger partial charge < -0.3 is 5.11 Å². The number of aromatic nitrogens is 4. The lowest BCUT2D eigenvalue weighted by Gasteiger charge is -2.14. The van der Waals surface area contributed by atoms with Gasteiger partial charge >= 0.3 is 5.97 Å². The Hall–Kier alpha value is -2.22. The van der Waals surface area contributed by atoms with Crippen LogP contribution in [-0.4, -0.2) is 30.2 Å². The standard InChI is InChI=1S/C14H16N4O3S/c1-3-8(2)17-13(21)12-9(6-7-22-12)18-10(4-5-11(19)20)15-16-14(17)18/h6-8H,3-5H2,1-2H3,(H,19,20)/t8-/m0/s1. The summed E-state index contributed by atoms with van der Waals surface area (Å²) in [4.78, 5) is 23.5. The van der Waals surface area contributed by atoms with E-state index < -0.39 is 5.97 Å². The lowest BCUT2D eigenvalue weighted by atomic mass is 10.2. The summed E-state index contributed by atoms with van der Waals surface area (Å²) >= 11 is 1.38. The minimum Gasteiger partial charge on any atom is -0.481 e. The third-order valence-electron chi connectivity index (χ3n) is 3.82. The molecular formula is C14H16N4O3S. The lowest BCUT2D eigenvalue weighted by Crippen LogP contribution is -2.25. The number of aliphatic carboxylic acids is 1. The molecule has 0 aliphatic heterocycles. The van der Waals surface area contributed by atoms with E-state index in [1.807, 2.05) is 29.7 Å². The van der Waals surface area contributed by atoms with Crippen molar-refractivity contribution >= 4 is 33.3 Å². The molecule has 0 bridgehead atoms. The average Bonchev–Trinajstić information content (AvgIpc) is 3.11. The lowest BCUT2D eigenvalue weighted by molar-refractivity contribution is -0.137. The molecular weight excluding hydrogens is 304 g/mol. The molecule has 8 heteroatoms. The highest BCUT2D eigenvalue weighted by atomic mass is 32.1. The molecule has 0 spiro atoms. The molecule has 3 heterocycles. The molecule has 3 aromatic heterocycles. The summed E-state index contributed by atoms with van der Waals surface area (Å²) < 4.78 is 4.10. The van der Waals surface area contributed by atoms with Gasteiger partial charge in [-0.3, -0.25) is 18.6 Å². The Labute approximate surface area is 129 Å². The second kappa shape index (κ2) is 5.53. The molecule has 1 N–H and O–H groups in total. The largest absolute Gasteiger partial charge is 0.481 e. The smallest absolute Gasteiger partial charge is 0.303 e. The number of rotatable bonds is 5. The minimum absolute atomic E-state index is 0.00183. The van der Waals surface area contributed by atoms with E-state index in [0.717, 1.165) is 11.9 Å². The first kappa shape index (κ1) is 14.7. The van der Waals surface area contributed by atoms with Crippen LogP contribution in [0.25, 0.3) is 16.0 Å². The molecule has 0 saturated carbocycles. The quantitative estimate of drug-likeness (QED) is 0.777. The van der Waals surface area contributed by atoms with Gasteiger partial charge in [-0.15, -0.1) is 21.5 Å². The van der Waals surface area contributed by atoms with E-state index in [1.54, 1.807) is 4.57 Å². The number of aryl methyl sites for hydroxylation is 1. The Balaban J connectivity index is 2.33. The van der Waals surface area contributed by atoms with Crippen LogP contribution in [0.5, 0.6) is 0 Å². The SMILES string of the molecule is CC[C@H](C)n1c(=O)c2sccc2n2c(CCC(=O)O)nnc12. The number of hydrogen-bond donors (Lipinski definition) is 1. The van der Waals surface area contributed by atoms with Gasteiger partial charge in [0.1, 0.15) is 10.5 Å². The van der Waals surface area contributed by atoms with Crippen LogP contribution in [-0.2, 0) is 11.2 Å². The first-order chi connectivity index (χ1) is 10.5. The normalized spacial score (nSPS) is 13.0. The number of thiophene rings is 1. The van der Waals surface area contributed by atoms with Crippen molar-refractivity contribution in [2.24, 2.45) is 0 Å². The summed E-state index contributed by atoms with van der Waals surface area (Å²) in [6.07, 6.45) is 1.05. The molecule has 0 unspecified atom stereocenters. The molecule has 0 amide bonds. The number of carboxylic acids is 1. The van der Waals surface area contributed by atoms with Crippen LogP contribution in [0.3, 0.4) is 0 Å². The average molecular weight is 320 g/mol. The van der Waals surface area contributed by atoms with Crippen LogP contribution in [0, 0.1) is 0 Å². The fraction of sp³-hybridized carbons (Fsp3) is 0.429. The number of carboxylic acid groups (broad SMARTS) is 1. The van der Waals surface area contributed by atoms with Crippen molar-refractivity contribution < 1.29 is 9.90 Å². The highest BCUT2D eigenvalue weighted by Gasteiger charge is 2.20. The van der Waals surface area contributed by atoms with E-state index >= 15 is 0 Å². The molecule has 1 atom stereocenters. The monoisotopic (exact) mass is 320 g/mol. The van der Waals surface area contributed by atoms with Crippen LogP contribution in [0.2, 0.25) is 0 Å². The summed E-state index contributed by atoms with van der Waals surface area (Å²) in [5.41, 5.74) is 0.680. The zero-order valence-corrected chi connectivity index (χ0v) is 13.1. The Bertz CT molecular complexity index is 908. The van der Waals surface area contributed by atoms with Gasteiger partial charge in [0.15, 0.2) is 0 Å². The highest BCUT2D eigenvalue weighted by molar-refractivity contribution is 7.17. The van der Waals surface area contributed by atoms with E-state index in [2.05, 4.69) is 10.2 Å². The number of nitrogens with zero attached hydrogens (tertiary/aromatic N) is 4. The number of fused-ring (bicyclic) bond motifs is 3. The Morgan fingerprint density at radius 1 is 1.45 bits per heavy atom. The molecule has 0 saturated heterocycles. The molecule has 0 radical (unpaired) electrons. The highest BCUT2D eigenvalue weighted by Crippen LogP contribution is 2.22. The molecule has 0 aromatic carbocycles. The Morgan fingerprint density at radius 2 is 2.23 bits per heavy atom. The van der Waals surface area contributed by atoms with Gasteiger partial charge in [-0.05, 0) is 24.8 Å². The summed E-state index contributed by atoms with van der Waals surface area (Å²) in [6, 6.07) is 1.85. The predicted octanol–water partition coefficient (Wildman–Crippen LogP) is 2.09. The Kier molecular flexibility index (Phi) is 3.69. The van der Waals surface area contributed by atoms with Gasteiger partial charge in [-0.25, -0.2) is 0 Å². The van der Waals surface area contributed by atoms with Crippen LogP contribution < -0.4 is 5.56 Å². The minimum atomic E-state index is -0.881. The summed E-state index contributed by atoms with van der Waals surface area (Å²) in [5, 5.41) is 19.0. The van der Waals surface area contributed by atoms with Gasteiger partial charge in [0.2, 0.25) is 5.78 Å². The van der Waals surface area contributed by atoms with Crippen LogP contribution in [0.4, 0.5) is 0 Å². The molecule has 0 fully saturated rings. The maximum Gasteiger partial charge on any atom is 0.303 e. The van der Waals surface area contributed by atoms with Crippen LogP contribution in [0.15, 0.2) is 16.2 Å². The topological polar surface area (TPSA) is 89.5 Å². The van der Waals surface area contributed by atoms with Crippen LogP contribution >= 0.6 is 11.3 Å². The van der Waals surface area contributed by atoms with E-state index in [1.165, 1.54) is 11.3 Å². The third kappa shape index (κ3) is 2.19. The van der Waals surface area contributed by atoms with E-state index in [-0.39, 0.29) is 24.4 Å². The van der Waals surface area contributed by atoms with Gasteiger partial charge in [-0.1, -0.05) is 6.92 Å². The predicted molar refractivity (Wildman–Crippen MR) is 83.6 cm³/mol. The second-order valence-electron chi connectivity index (χ2n) is 5.21. The Morgan fingerprint density at radius 3 is 2.91 bits per heavy atom. The zero-order chi connectivity index (χ0) is 15.9. The van der Waals surface area contributed by atoms with Crippen molar-refractivity contribution in [2.45, 2.75) is 39.2 Å². The molecule has 0 aliphatic rings. The van der Waals surface area contributed by atoms with Gasteiger partial charge in [-0.2, -0.15) is 0 Å². The van der Waals surface area contributed by atoms with Crippen molar-refractivity contribution in [2.75, 3.05) is 0 Å². The van der Waals surface area contributed by atoms with Crippen molar-refractivity contribution in [3.63, 3.8) is 0 Å².